The second-order valence-corrected chi connectivity index (χ2v) is 5.88. The number of carbonyl (C=O) groups excluding carboxylic acids is 1. The predicted molar refractivity (Wildman–Crippen MR) is 86.0 cm³/mol. The molecule has 0 heterocycles. The van der Waals surface area contributed by atoms with Crippen molar-refractivity contribution in [1.29, 1.82) is 0 Å². The molecule has 116 valence electrons. The number of rotatable bonds is 8. The van der Waals surface area contributed by atoms with E-state index in [4.69, 9.17) is 12.2 Å². The van der Waals surface area contributed by atoms with Gasteiger partial charge < -0.3 is 10.4 Å². The van der Waals surface area contributed by atoms with Crippen molar-refractivity contribution in [1.82, 2.24) is 16.2 Å². The first-order valence-electron chi connectivity index (χ1n) is 6.97. The van der Waals surface area contributed by atoms with E-state index < -0.39 is 5.60 Å². The number of unbranched alkanes of at least 4 members (excludes halogenated alkanes) is 1. The van der Waals surface area contributed by atoms with Gasteiger partial charge >= 0.3 is 0 Å². The number of aliphatic hydroxyl groups is 1. The van der Waals surface area contributed by atoms with E-state index in [0.717, 1.165) is 19.3 Å². The Labute approximate surface area is 127 Å². The molecule has 0 fully saturated rings. The van der Waals surface area contributed by atoms with Crippen LogP contribution in [-0.4, -0.2) is 28.3 Å². The SMILES string of the molecule is C=CCNC(=S)NNC(=O)[C@H](CCCC)CC(C)(C)O. The number of thiocarbonyl (C=S) groups is 1. The van der Waals surface area contributed by atoms with Crippen molar-refractivity contribution in [3.63, 3.8) is 0 Å². The Hall–Kier alpha value is -1.14. The summed E-state index contributed by atoms with van der Waals surface area (Å²) in [5.41, 5.74) is 4.37. The minimum atomic E-state index is -0.864. The van der Waals surface area contributed by atoms with E-state index >= 15 is 0 Å². The largest absolute Gasteiger partial charge is 0.390 e. The van der Waals surface area contributed by atoms with Crippen LogP contribution < -0.4 is 16.2 Å². The van der Waals surface area contributed by atoms with Crippen LogP contribution in [0.5, 0.6) is 0 Å². The fourth-order valence-corrected chi connectivity index (χ4v) is 1.94. The zero-order valence-corrected chi connectivity index (χ0v) is 13.5. The van der Waals surface area contributed by atoms with Crippen molar-refractivity contribution >= 4 is 23.2 Å². The van der Waals surface area contributed by atoms with Gasteiger partial charge in [0.1, 0.15) is 0 Å². The van der Waals surface area contributed by atoms with Crippen LogP contribution in [-0.2, 0) is 4.79 Å². The zero-order valence-electron chi connectivity index (χ0n) is 12.7. The van der Waals surface area contributed by atoms with E-state index in [-0.39, 0.29) is 11.8 Å². The third-order valence-corrected chi connectivity index (χ3v) is 2.98. The number of amides is 1. The molecule has 0 radical (unpaired) electrons. The first-order chi connectivity index (χ1) is 9.30. The molecule has 0 saturated heterocycles. The average molecular weight is 301 g/mol. The molecule has 0 aliphatic carbocycles. The topological polar surface area (TPSA) is 73.4 Å². The molecular weight excluding hydrogens is 274 g/mol. The zero-order chi connectivity index (χ0) is 15.6. The number of hydrazine groups is 1. The summed E-state index contributed by atoms with van der Waals surface area (Å²) in [5, 5.41) is 13.1. The molecule has 0 aromatic carbocycles. The number of carbonyl (C=O) groups is 1. The van der Waals surface area contributed by atoms with E-state index in [1.807, 2.05) is 0 Å². The Balaban J connectivity index is 4.32. The molecule has 1 atom stereocenters. The normalized spacial score (nSPS) is 12.4. The van der Waals surface area contributed by atoms with Crippen molar-refractivity contribution in [3.05, 3.63) is 12.7 Å². The summed E-state index contributed by atoms with van der Waals surface area (Å²) < 4.78 is 0. The van der Waals surface area contributed by atoms with E-state index in [9.17, 15) is 9.90 Å². The van der Waals surface area contributed by atoms with Gasteiger partial charge in [0.05, 0.1) is 5.60 Å². The third-order valence-electron chi connectivity index (χ3n) is 2.73. The highest BCUT2D eigenvalue weighted by molar-refractivity contribution is 7.80. The second-order valence-electron chi connectivity index (χ2n) is 5.47. The van der Waals surface area contributed by atoms with Crippen molar-refractivity contribution in [2.75, 3.05) is 6.54 Å². The number of nitrogens with one attached hydrogen (secondary N) is 3. The molecular formula is C14H27N3O2S. The lowest BCUT2D eigenvalue weighted by molar-refractivity contribution is -0.127. The molecule has 4 N–H and O–H groups in total. The van der Waals surface area contributed by atoms with Gasteiger partial charge in [0.2, 0.25) is 5.91 Å². The molecule has 0 bridgehead atoms. The Bertz CT molecular complexity index is 327. The van der Waals surface area contributed by atoms with Gasteiger partial charge in [-0.1, -0.05) is 25.8 Å². The molecule has 0 rings (SSSR count). The van der Waals surface area contributed by atoms with Crippen LogP contribution in [0.4, 0.5) is 0 Å². The predicted octanol–water partition coefficient (Wildman–Crippen LogP) is 1.64. The fraction of sp³-hybridized carbons (Fsp3) is 0.714. The summed E-state index contributed by atoms with van der Waals surface area (Å²) in [5.74, 6) is -0.381. The number of hydrogen-bond acceptors (Lipinski definition) is 3. The summed E-state index contributed by atoms with van der Waals surface area (Å²) in [7, 11) is 0. The highest BCUT2D eigenvalue weighted by atomic mass is 32.1. The van der Waals surface area contributed by atoms with Gasteiger partial charge in [0, 0.05) is 12.5 Å². The van der Waals surface area contributed by atoms with Gasteiger partial charge in [-0.25, -0.2) is 0 Å². The van der Waals surface area contributed by atoms with Crippen molar-refractivity contribution in [2.45, 2.75) is 52.1 Å². The Kier molecular flexibility index (Phi) is 9.16. The Morgan fingerprint density at radius 2 is 2.10 bits per heavy atom. The highest BCUT2D eigenvalue weighted by Gasteiger charge is 2.25. The van der Waals surface area contributed by atoms with Gasteiger partial charge in [0.15, 0.2) is 5.11 Å². The first-order valence-corrected chi connectivity index (χ1v) is 7.38. The molecule has 1 amide bonds. The lowest BCUT2D eigenvalue weighted by atomic mass is 9.89. The van der Waals surface area contributed by atoms with E-state index in [2.05, 4.69) is 29.7 Å². The minimum absolute atomic E-state index is 0.150. The van der Waals surface area contributed by atoms with E-state index in [0.29, 0.717) is 18.1 Å². The maximum atomic E-state index is 12.1. The minimum Gasteiger partial charge on any atom is -0.390 e. The quantitative estimate of drug-likeness (QED) is 0.312. The molecule has 0 aliphatic heterocycles. The van der Waals surface area contributed by atoms with Crippen LogP contribution in [0, 0.1) is 5.92 Å². The molecule has 0 aromatic heterocycles. The van der Waals surface area contributed by atoms with Crippen molar-refractivity contribution in [2.24, 2.45) is 5.92 Å². The summed E-state index contributed by atoms with van der Waals surface area (Å²) >= 11 is 4.99. The van der Waals surface area contributed by atoms with E-state index in [1.165, 1.54) is 0 Å². The van der Waals surface area contributed by atoms with Crippen molar-refractivity contribution < 1.29 is 9.90 Å². The van der Waals surface area contributed by atoms with Crippen LogP contribution in [0.15, 0.2) is 12.7 Å². The molecule has 0 saturated carbocycles. The molecule has 20 heavy (non-hydrogen) atoms. The van der Waals surface area contributed by atoms with Crippen LogP contribution in [0.2, 0.25) is 0 Å². The van der Waals surface area contributed by atoms with Crippen LogP contribution in [0.25, 0.3) is 0 Å². The smallest absolute Gasteiger partial charge is 0.241 e. The fourth-order valence-electron chi connectivity index (χ4n) is 1.81. The molecule has 0 aliphatic rings. The molecule has 6 heteroatoms. The third kappa shape index (κ3) is 9.75. The summed E-state index contributed by atoms with van der Waals surface area (Å²) in [4.78, 5) is 12.1. The second kappa shape index (κ2) is 9.72. The summed E-state index contributed by atoms with van der Waals surface area (Å²) in [6, 6.07) is 0. The average Bonchev–Trinajstić information content (AvgIpc) is 2.37. The maximum Gasteiger partial charge on any atom is 0.241 e. The van der Waals surface area contributed by atoms with Gasteiger partial charge in [-0.05, 0) is 38.9 Å². The molecule has 0 aromatic rings. The molecule has 0 unspecified atom stereocenters. The lowest BCUT2D eigenvalue weighted by Gasteiger charge is -2.24. The van der Waals surface area contributed by atoms with E-state index in [1.54, 1.807) is 19.9 Å². The van der Waals surface area contributed by atoms with Crippen LogP contribution in [0.1, 0.15) is 46.5 Å². The van der Waals surface area contributed by atoms with Gasteiger partial charge in [-0.2, -0.15) is 0 Å². The first kappa shape index (κ1) is 18.9. The van der Waals surface area contributed by atoms with Crippen molar-refractivity contribution in [3.8, 4) is 0 Å². The number of hydrogen-bond donors (Lipinski definition) is 4. The Morgan fingerprint density at radius 1 is 1.45 bits per heavy atom. The van der Waals surface area contributed by atoms with Crippen LogP contribution >= 0.6 is 12.2 Å². The Morgan fingerprint density at radius 3 is 2.60 bits per heavy atom. The maximum absolute atomic E-state index is 12.1. The summed E-state index contributed by atoms with van der Waals surface area (Å²) in [6.07, 6.45) is 4.82. The lowest BCUT2D eigenvalue weighted by Crippen LogP contribution is -2.49. The molecule has 5 nitrogen and oxygen atoms in total. The van der Waals surface area contributed by atoms with Gasteiger partial charge in [-0.15, -0.1) is 6.58 Å². The molecule has 0 spiro atoms. The monoisotopic (exact) mass is 301 g/mol. The van der Waals surface area contributed by atoms with Gasteiger partial charge in [0.25, 0.3) is 0 Å². The van der Waals surface area contributed by atoms with Crippen LogP contribution in [0.3, 0.4) is 0 Å². The summed E-state index contributed by atoms with van der Waals surface area (Å²) in [6.45, 7) is 9.59. The highest BCUT2D eigenvalue weighted by Crippen LogP contribution is 2.21. The standard InChI is InChI=1S/C14H27N3O2S/c1-5-7-8-11(10-14(3,4)19)12(18)16-17-13(20)15-9-6-2/h6,11,19H,2,5,7-10H2,1,3-4H3,(H,16,18)(H2,15,17,20)/t11-/m1/s1. The van der Waals surface area contributed by atoms with Gasteiger partial charge in [-0.3, -0.25) is 15.6 Å².